The van der Waals surface area contributed by atoms with E-state index < -0.39 is 6.10 Å². The minimum atomic E-state index is -0.784. The Morgan fingerprint density at radius 1 is 0.338 bits per heavy atom. The molecule has 0 aliphatic rings. The summed E-state index contributed by atoms with van der Waals surface area (Å²) in [7, 11) is 0. The highest BCUT2D eigenvalue weighted by Crippen LogP contribution is 2.17. The van der Waals surface area contributed by atoms with Crippen molar-refractivity contribution < 1.29 is 28.6 Å². The number of rotatable bonds is 51. The van der Waals surface area contributed by atoms with Crippen LogP contribution in [0.5, 0.6) is 0 Å². The van der Waals surface area contributed by atoms with Gasteiger partial charge in [0.2, 0.25) is 0 Å². The van der Waals surface area contributed by atoms with Gasteiger partial charge >= 0.3 is 17.9 Å². The second-order valence-corrected chi connectivity index (χ2v) is 18.9. The van der Waals surface area contributed by atoms with Gasteiger partial charge in [-0.2, -0.15) is 0 Å². The van der Waals surface area contributed by atoms with E-state index in [4.69, 9.17) is 14.2 Å². The Bertz CT molecular complexity index is 1140. The van der Waals surface area contributed by atoms with Crippen molar-refractivity contribution in [1.82, 2.24) is 0 Å². The minimum absolute atomic E-state index is 0.0826. The SMILES string of the molecule is CC/C=C\C/C=C\CCCCC(=O)OCC(COC(=O)CCCCCCCCCCCC/C=C\C=C/CCCCC)OC(=O)CCCCCCCCCCCCCCCCCCCCC. The smallest absolute Gasteiger partial charge is 0.306 e. The third kappa shape index (κ3) is 52.2. The molecule has 0 rings (SSSR count). The molecule has 0 aliphatic carbocycles. The van der Waals surface area contributed by atoms with E-state index in [2.05, 4.69) is 69.4 Å². The van der Waals surface area contributed by atoms with Gasteiger partial charge in [-0.1, -0.05) is 249 Å². The van der Waals surface area contributed by atoms with E-state index in [1.807, 2.05) is 0 Å². The van der Waals surface area contributed by atoms with Crippen LogP contribution in [0.2, 0.25) is 0 Å². The molecule has 0 fully saturated rings. The Morgan fingerprint density at radius 2 is 0.646 bits per heavy atom. The van der Waals surface area contributed by atoms with Gasteiger partial charge in [0.05, 0.1) is 0 Å². The average Bonchev–Trinajstić information content (AvgIpc) is 3.30. The van der Waals surface area contributed by atoms with Crippen LogP contribution in [0.1, 0.15) is 290 Å². The second kappa shape index (κ2) is 54.0. The lowest BCUT2D eigenvalue weighted by molar-refractivity contribution is -0.167. The molecule has 6 heteroatoms. The summed E-state index contributed by atoms with van der Waals surface area (Å²) in [6.45, 7) is 6.49. The van der Waals surface area contributed by atoms with E-state index in [0.717, 1.165) is 70.6 Å². The number of carbonyl (C=O) groups excluding carboxylic acids is 3. The number of ether oxygens (including phenoxy) is 3. The first-order valence-corrected chi connectivity index (χ1v) is 28.2. The lowest BCUT2D eigenvalue weighted by Crippen LogP contribution is -2.30. The van der Waals surface area contributed by atoms with Crippen molar-refractivity contribution >= 4 is 17.9 Å². The Kier molecular flexibility index (Phi) is 51.8. The van der Waals surface area contributed by atoms with E-state index in [1.54, 1.807) is 0 Å². The summed E-state index contributed by atoms with van der Waals surface area (Å²) < 4.78 is 16.8. The van der Waals surface area contributed by atoms with Gasteiger partial charge in [-0.3, -0.25) is 14.4 Å². The fraction of sp³-hybridized carbons (Fsp3) is 0.814. The molecule has 0 N–H and O–H groups in total. The number of allylic oxidation sites excluding steroid dienone is 8. The maximum atomic E-state index is 12.8. The van der Waals surface area contributed by atoms with Crippen LogP contribution in [0.25, 0.3) is 0 Å². The normalized spacial score (nSPS) is 12.4. The molecule has 0 aromatic carbocycles. The maximum Gasteiger partial charge on any atom is 0.306 e. The summed E-state index contributed by atoms with van der Waals surface area (Å²) in [4.78, 5) is 38.0. The monoisotopic (exact) mass is 911 g/mol. The van der Waals surface area contributed by atoms with E-state index in [0.29, 0.717) is 19.3 Å². The second-order valence-electron chi connectivity index (χ2n) is 18.9. The molecule has 0 aromatic rings. The third-order valence-corrected chi connectivity index (χ3v) is 12.3. The van der Waals surface area contributed by atoms with Gasteiger partial charge in [0, 0.05) is 19.3 Å². The van der Waals surface area contributed by atoms with Crippen LogP contribution >= 0.6 is 0 Å². The van der Waals surface area contributed by atoms with Crippen LogP contribution in [0.3, 0.4) is 0 Å². The van der Waals surface area contributed by atoms with E-state index in [-0.39, 0.29) is 31.1 Å². The molecule has 0 saturated heterocycles. The summed E-state index contributed by atoms with van der Waals surface area (Å²) in [5.41, 5.74) is 0. The Balaban J connectivity index is 4.26. The highest BCUT2D eigenvalue weighted by molar-refractivity contribution is 5.71. The van der Waals surface area contributed by atoms with Crippen molar-refractivity contribution in [3.8, 4) is 0 Å². The molecule has 1 atom stereocenters. The molecule has 6 nitrogen and oxygen atoms in total. The van der Waals surface area contributed by atoms with Gasteiger partial charge in [0.1, 0.15) is 13.2 Å². The van der Waals surface area contributed by atoms with Gasteiger partial charge < -0.3 is 14.2 Å². The van der Waals surface area contributed by atoms with Crippen molar-refractivity contribution in [3.05, 3.63) is 48.6 Å². The molecule has 0 aromatic heterocycles. The quantitative estimate of drug-likeness (QED) is 0.0199. The highest BCUT2D eigenvalue weighted by Gasteiger charge is 2.19. The largest absolute Gasteiger partial charge is 0.462 e. The Morgan fingerprint density at radius 3 is 1.08 bits per heavy atom. The van der Waals surface area contributed by atoms with Gasteiger partial charge in [-0.15, -0.1) is 0 Å². The van der Waals surface area contributed by atoms with Gasteiger partial charge in [0.15, 0.2) is 6.10 Å². The molecular weight excluding hydrogens is 805 g/mol. The summed E-state index contributed by atoms with van der Waals surface area (Å²) >= 11 is 0. The summed E-state index contributed by atoms with van der Waals surface area (Å²) in [6.07, 6.45) is 65.5. The molecule has 0 radical (unpaired) electrons. The zero-order valence-electron chi connectivity index (χ0n) is 43.3. The zero-order chi connectivity index (χ0) is 47.2. The summed E-state index contributed by atoms with van der Waals surface area (Å²) in [5, 5.41) is 0. The van der Waals surface area contributed by atoms with E-state index in [1.165, 1.54) is 180 Å². The van der Waals surface area contributed by atoms with Crippen LogP contribution in [0.15, 0.2) is 48.6 Å². The van der Waals surface area contributed by atoms with Crippen LogP contribution in [0.4, 0.5) is 0 Å². The minimum Gasteiger partial charge on any atom is -0.462 e. The number of hydrogen-bond donors (Lipinski definition) is 0. The molecule has 0 aliphatic heterocycles. The lowest BCUT2D eigenvalue weighted by atomic mass is 10.0. The standard InChI is InChI=1S/C59H106O6/c1-4-7-10-13-16-19-21-23-25-27-29-31-33-35-37-40-43-46-49-52-58(61)64-55-56(54-63-57(60)51-48-45-42-39-18-15-12-9-6-3)65-59(62)53-50-47-44-41-38-36-34-32-30-28-26-24-22-20-17-14-11-8-5-2/h9,12,16,18-19,21,23,39,56H,4-8,10-11,13-15,17,20,22,24-38,40-55H2,1-3H3/b12-9-,19-16-,23-21-,39-18-. The number of esters is 3. The molecular formula is C59H106O6. The molecule has 65 heavy (non-hydrogen) atoms. The fourth-order valence-electron chi connectivity index (χ4n) is 8.12. The first-order valence-electron chi connectivity index (χ1n) is 28.2. The molecule has 378 valence electrons. The average molecular weight is 911 g/mol. The van der Waals surface area contributed by atoms with E-state index in [9.17, 15) is 14.4 Å². The van der Waals surface area contributed by atoms with Crippen LogP contribution < -0.4 is 0 Å². The van der Waals surface area contributed by atoms with Gasteiger partial charge in [-0.05, 0) is 70.6 Å². The Labute approximate surface area is 403 Å². The first kappa shape index (κ1) is 62.4. The maximum absolute atomic E-state index is 12.8. The van der Waals surface area contributed by atoms with Gasteiger partial charge in [-0.25, -0.2) is 0 Å². The van der Waals surface area contributed by atoms with Crippen molar-refractivity contribution in [2.24, 2.45) is 0 Å². The predicted molar refractivity (Wildman–Crippen MR) is 279 cm³/mol. The van der Waals surface area contributed by atoms with Crippen LogP contribution in [-0.4, -0.2) is 37.2 Å². The molecule has 0 heterocycles. The van der Waals surface area contributed by atoms with Gasteiger partial charge in [0.25, 0.3) is 0 Å². The first-order chi connectivity index (χ1) is 32.0. The Hall–Kier alpha value is -2.63. The summed E-state index contributed by atoms with van der Waals surface area (Å²) in [5.74, 6) is -0.911. The summed E-state index contributed by atoms with van der Waals surface area (Å²) in [6, 6.07) is 0. The van der Waals surface area contributed by atoms with Crippen LogP contribution in [0, 0.1) is 0 Å². The number of unbranched alkanes of at least 4 members (excludes halogenated alkanes) is 33. The topological polar surface area (TPSA) is 78.9 Å². The predicted octanol–water partition coefficient (Wildman–Crippen LogP) is 18.7. The lowest BCUT2D eigenvalue weighted by Gasteiger charge is -2.18. The van der Waals surface area contributed by atoms with Crippen molar-refractivity contribution in [2.75, 3.05) is 13.2 Å². The van der Waals surface area contributed by atoms with Crippen molar-refractivity contribution in [2.45, 2.75) is 297 Å². The molecule has 0 spiro atoms. The third-order valence-electron chi connectivity index (χ3n) is 12.3. The van der Waals surface area contributed by atoms with Crippen LogP contribution in [-0.2, 0) is 28.6 Å². The molecule has 0 saturated carbocycles. The molecule has 0 bridgehead atoms. The number of carbonyl (C=O) groups is 3. The molecule has 1 unspecified atom stereocenters. The van der Waals surface area contributed by atoms with E-state index >= 15 is 0 Å². The number of hydrogen-bond acceptors (Lipinski definition) is 6. The highest BCUT2D eigenvalue weighted by atomic mass is 16.6. The zero-order valence-corrected chi connectivity index (χ0v) is 43.3. The van der Waals surface area contributed by atoms with Crippen molar-refractivity contribution in [3.63, 3.8) is 0 Å². The fourth-order valence-corrected chi connectivity index (χ4v) is 8.12. The molecule has 0 amide bonds. The van der Waals surface area contributed by atoms with Crippen molar-refractivity contribution in [1.29, 1.82) is 0 Å².